The first-order valence-electron chi connectivity index (χ1n) is 4.76. The maximum absolute atomic E-state index is 10.5. The van der Waals surface area contributed by atoms with Crippen LogP contribution in [0.2, 0.25) is 0 Å². The van der Waals surface area contributed by atoms with Gasteiger partial charge < -0.3 is 24.8 Å². The van der Waals surface area contributed by atoms with E-state index in [2.05, 4.69) is 4.74 Å². The SMILES string of the molecule is CC(=O)OCC1OC(C)C(O)C(O)C1O. The maximum Gasteiger partial charge on any atom is 0.302 e. The second-order valence-corrected chi connectivity index (χ2v) is 3.65. The molecule has 0 aromatic rings. The fraction of sp³-hybridized carbons (Fsp3) is 0.889. The Morgan fingerprint density at radius 1 is 1.27 bits per heavy atom. The topological polar surface area (TPSA) is 96.2 Å². The lowest BCUT2D eigenvalue weighted by molar-refractivity contribution is -0.227. The number of carbonyl (C=O) groups excluding carboxylic acids is 1. The molecule has 5 unspecified atom stereocenters. The summed E-state index contributed by atoms with van der Waals surface area (Å²) in [5, 5.41) is 28.3. The number of esters is 1. The smallest absolute Gasteiger partial charge is 0.302 e. The van der Waals surface area contributed by atoms with Gasteiger partial charge >= 0.3 is 5.97 Å². The molecule has 1 saturated heterocycles. The predicted molar refractivity (Wildman–Crippen MR) is 49.0 cm³/mol. The molecule has 1 aliphatic heterocycles. The Kier molecular flexibility index (Phi) is 4.04. The summed E-state index contributed by atoms with van der Waals surface area (Å²) in [7, 11) is 0. The summed E-state index contributed by atoms with van der Waals surface area (Å²) in [5.74, 6) is -0.487. The van der Waals surface area contributed by atoms with Crippen molar-refractivity contribution < 1.29 is 29.6 Å². The van der Waals surface area contributed by atoms with E-state index in [0.717, 1.165) is 0 Å². The van der Waals surface area contributed by atoms with Crippen molar-refractivity contribution in [2.24, 2.45) is 0 Å². The van der Waals surface area contributed by atoms with Crippen LogP contribution < -0.4 is 0 Å². The van der Waals surface area contributed by atoms with Gasteiger partial charge in [-0.25, -0.2) is 0 Å². The third kappa shape index (κ3) is 2.88. The lowest BCUT2D eigenvalue weighted by Gasteiger charge is -2.38. The summed E-state index contributed by atoms with van der Waals surface area (Å²) < 4.78 is 9.86. The molecule has 5 atom stereocenters. The summed E-state index contributed by atoms with van der Waals surface area (Å²) in [6.45, 7) is 2.68. The van der Waals surface area contributed by atoms with Crippen LogP contribution in [-0.2, 0) is 14.3 Å². The molecule has 0 radical (unpaired) electrons. The number of rotatable bonds is 2. The van der Waals surface area contributed by atoms with Crippen molar-refractivity contribution in [3.63, 3.8) is 0 Å². The zero-order chi connectivity index (χ0) is 11.6. The van der Waals surface area contributed by atoms with Crippen LogP contribution in [0, 0.1) is 0 Å². The first-order chi connectivity index (χ1) is 6.93. The van der Waals surface area contributed by atoms with E-state index >= 15 is 0 Å². The van der Waals surface area contributed by atoms with E-state index in [1.807, 2.05) is 0 Å². The minimum Gasteiger partial charge on any atom is -0.463 e. The minimum absolute atomic E-state index is 0.134. The molecule has 88 valence electrons. The molecule has 0 bridgehead atoms. The van der Waals surface area contributed by atoms with Gasteiger partial charge in [-0.15, -0.1) is 0 Å². The molecule has 0 aliphatic carbocycles. The molecule has 0 aromatic carbocycles. The molecule has 0 amide bonds. The first-order valence-corrected chi connectivity index (χ1v) is 4.76. The van der Waals surface area contributed by atoms with Crippen molar-refractivity contribution in [2.45, 2.75) is 44.4 Å². The highest BCUT2D eigenvalue weighted by Crippen LogP contribution is 2.21. The van der Waals surface area contributed by atoms with Crippen molar-refractivity contribution in [3.8, 4) is 0 Å². The standard InChI is InChI=1S/C9H16O6/c1-4-7(11)9(13)8(12)6(15-4)3-14-5(2)10/h4,6-9,11-13H,3H2,1-2H3. The van der Waals surface area contributed by atoms with Crippen LogP contribution in [0.3, 0.4) is 0 Å². The van der Waals surface area contributed by atoms with Crippen molar-refractivity contribution in [3.05, 3.63) is 0 Å². The quantitative estimate of drug-likeness (QED) is 0.486. The Morgan fingerprint density at radius 2 is 1.87 bits per heavy atom. The molecule has 1 heterocycles. The number of ether oxygens (including phenoxy) is 2. The van der Waals surface area contributed by atoms with Crippen LogP contribution in [0.25, 0.3) is 0 Å². The van der Waals surface area contributed by atoms with Gasteiger partial charge in [-0.05, 0) is 6.92 Å². The third-order valence-electron chi connectivity index (χ3n) is 2.40. The molecular formula is C9H16O6. The van der Waals surface area contributed by atoms with Crippen LogP contribution in [0.1, 0.15) is 13.8 Å². The van der Waals surface area contributed by atoms with E-state index in [1.165, 1.54) is 6.92 Å². The fourth-order valence-corrected chi connectivity index (χ4v) is 1.47. The van der Waals surface area contributed by atoms with Gasteiger partial charge in [-0.2, -0.15) is 0 Å². The molecule has 6 heteroatoms. The van der Waals surface area contributed by atoms with Crippen LogP contribution in [0.4, 0.5) is 0 Å². The summed E-state index contributed by atoms with van der Waals surface area (Å²) in [5.41, 5.74) is 0. The Balaban J connectivity index is 2.54. The largest absolute Gasteiger partial charge is 0.463 e. The van der Waals surface area contributed by atoms with E-state index in [4.69, 9.17) is 4.74 Å². The molecule has 0 saturated carbocycles. The number of aliphatic hydroxyl groups excluding tert-OH is 3. The minimum atomic E-state index is -1.28. The second kappa shape index (κ2) is 4.89. The van der Waals surface area contributed by atoms with Gasteiger partial charge in [0, 0.05) is 6.92 Å². The van der Waals surface area contributed by atoms with Gasteiger partial charge in [0.15, 0.2) is 0 Å². The lowest BCUT2D eigenvalue weighted by Crippen LogP contribution is -2.57. The molecule has 15 heavy (non-hydrogen) atoms. The van der Waals surface area contributed by atoms with Gasteiger partial charge in [0.2, 0.25) is 0 Å². The first kappa shape index (κ1) is 12.4. The summed E-state index contributed by atoms with van der Waals surface area (Å²) >= 11 is 0. The van der Waals surface area contributed by atoms with E-state index in [1.54, 1.807) is 6.92 Å². The molecule has 1 aliphatic rings. The van der Waals surface area contributed by atoms with Crippen LogP contribution in [-0.4, -0.2) is 58.4 Å². The normalized spacial score (nSPS) is 41.3. The summed E-state index contributed by atoms with van der Waals surface area (Å²) in [6.07, 6.45) is -5.08. The Labute approximate surface area is 87.4 Å². The van der Waals surface area contributed by atoms with Gasteiger partial charge in [0.05, 0.1) is 6.10 Å². The Bertz CT molecular complexity index is 231. The maximum atomic E-state index is 10.5. The molecule has 1 rings (SSSR count). The zero-order valence-electron chi connectivity index (χ0n) is 8.66. The highest BCUT2D eigenvalue weighted by Gasteiger charge is 2.41. The molecule has 0 aromatic heterocycles. The average Bonchev–Trinajstić information content (AvgIpc) is 2.18. The third-order valence-corrected chi connectivity index (χ3v) is 2.40. The molecule has 0 spiro atoms. The predicted octanol–water partition coefficient (Wildman–Crippen LogP) is -1.58. The zero-order valence-corrected chi connectivity index (χ0v) is 8.66. The highest BCUT2D eigenvalue weighted by atomic mass is 16.6. The van der Waals surface area contributed by atoms with Crippen molar-refractivity contribution in [2.75, 3.05) is 6.61 Å². The Hall–Kier alpha value is -0.690. The van der Waals surface area contributed by atoms with Crippen LogP contribution in [0.15, 0.2) is 0 Å². The van der Waals surface area contributed by atoms with E-state index in [0.29, 0.717) is 0 Å². The van der Waals surface area contributed by atoms with Gasteiger partial charge in [0.1, 0.15) is 31.0 Å². The monoisotopic (exact) mass is 220 g/mol. The van der Waals surface area contributed by atoms with Crippen molar-refractivity contribution in [1.82, 2.24) is 0 Å². The lowest BCUT2D eigenvalue weighted by atomic mass is 9.96. The molecular weight excluding hydrogens is 204 g/mol. The van der Waals surface area contributed by atoms with Gasteiger partial charge in [-0.3, -0.25) is 4.79 Å². The Morgan fingerprint density at radius 3 is 2.40 bits per heavy atom. The van der Waals surface area contributed by atoms with Crippen molar-refractivity contribution in [1.29, 1.82) is 0 Å². The van der Waals surface area contributed by atoms with Gasteiger partial charge in [0.25, 0.3) is 0 Å². The number of hydrogen-bond donors (Lipinski definition) is 3. The van der Waals surface area contributed by atoms with Crippen LogP contribution >= 0.6 is 0 Å². The van der Waals surface area contributed by atoms with Gasteiger partial charge in [-0.1, -0.05) is 0 Å². The second-order valence-electron chi connectivity index (χ2n) is 3.65. The molecule has 6 nitrogen and oxygen atoms in total. The van der Waals surface area contributed by atoms with Crippen LogP contribution in [0.5, 0.6) is 0 Å². The van der Waals surface area contributed by atoms with Crippen molar-refractivity contribution >= 4 is 5.97 Å². The number of aliphatic hydroxyl groups is 3. The number of hydrogen-bond acceptors (Lipinski definition) is 6. The summed E-state index contributed by atoms with van der Waals surface area (Å²) in [4.78, 5) is 10.5. The van der Waals surface area contributed by atoms with E-state index < -0.39 is 36.5 Å². The van der Waals surface area contributed by atoms with E-state index in [9.17, 15) is 20.1 Å². The van der Waals surface area contributed by atoms with E-state index in [-0.39, 0.29) is 6.61 Å². The number of carbonyl (C=O) groups is 1. The summed E-state index contributed by atoms with van der Waals surface area (Å²) in [6, 6.07) is 0. The average molecular weight is 220 g/mol. The molecule has 1 fully saturated rings. The fourth-order valence-electron chi connectivity index (χ4n) is 1.47. The molecule has 3 N–H and O–H groups in total. The highest BCUT2D eigenvalue weighted by molar-refractivity contribution is 5.65.